The maximum Gasteiger partial charge on any atom is 0.159 e. The van der Waals surface area contributed by atoms with Crippen molar-refractivity contribution in [2.24, 2.45) is 5.92 Å². The van der Waals surface area contributed by atoms with E-state index in [9.17, 15) is 4.39 Å². The average Bonchev–Trinajstić information content (AvgIpc) is 2.80. The van der Waals surface area contributed by atoms with E-state index >= 15 is 0 Å². The highest BCUT2D eigenvalue weighted by Gasteiger charge is 2.13. The number of aromatic nitrogens is 2. The number of hydrogen-bond acceptors (Lipinski definition) is 3. The monoisotopic (exact) mass is 442 g/mol. The molecule has 178 valence electrons. The molecule has 0 aliphatic carbocycles. The zero-order valence-corrected chi connectivity index (χ0v) is 20.5. The molecule has 1 aromatic carbocycles. The summed E-state index contributed by atoms with van der Waals surface area (Å²) in [6.45, 7) is 6.54. The Morgan fingerprint density at radius 3 is 2.09 bits per heavy atom. The van der Waals surface area contributed by atoms with E-state index in [1.165, 1.54) is 56.9 Å². The first-order valence-electron chi connectivity index (χ1n) is 12.8. The second kappa shape index (κ2) is 15.8. The van der Waals surface area contributed by atoms with Gasteiger partial charge in [-0.25, -0.2) is 14.4 Å². The molecule has 0 bridgehead atoms. The Hall–Kier alpha value is -1.97. The molecule has 0 radical (unpaired) electrons. The molecule has 2 atom stereocenters. The molecular formula is C28H43FN2O. The standard InChI is InChI=1S/C28H43FN2O/c1-4-6-7-8-9-10-11-12-14-24-15-17-25(18-16-24)28-30-20-27(21-31-28)32-22-26(29)19-23(3)13-5-2/h15-18,20-21,23,26H,4-14,19,22H2,1-3H3. The second-order valence-corrected chi connectivity index (χ2v) is 9.20. The van der Waals surface area contributed by atoms with Crippen molar-refractivity contribution in [3.63, 3.8) is 0 Å². The smallest absolute Gasteiger partial charge is 0.159 e. The minimum absolute atomic E-state index is 0.0597. The van der Waals surface area contributed by atoms with Gasteiger partial charge >= 0.3 is 0 Å². The molecule has 32 heavy (non-hydrogen) atoms. The number of rotatable bonds is 17. The minimum atomic E-state index is -0.954. The summed E-state index contributed by atoms with van der Waals surface area (Å²) in [7, 11) is 0. The molecule has 1 aromatic heterocycles. The Balaban J connectivity index is 1.70. The van der Waals surface area contributed by atoms with Gasteiger partial charge in [-0.05, 0) is 30.7 Å². The van der Waals surface area contributed by atoms with Gasteiger partial charge in [0.2, 0.25) is 0 Å². The number of aryl methyl sites for hydroxylation is 1. The molecule has 0 fully saturated rings. The summed E-state index contributed by atoms with van der Waals surface area (Å²) in [6.07, 6.45) is 16.9. The normalized spacial score (nSPS) is 13.1. The van der Waals surface area contributed by atoms with E-state index in [0.29, 0.717) is 23.9 Å². The molecule has 1 heterocycles. The van der Waals surface area contributed by atoms with Crippen LogP contribution in [0.3, 0.4) is 0 Å². The Labute approximate surface area is 195 Å². The second-order valence-electron chi connectivity index (χ2n) is 9.20. The molecule has 4 heteroatoms. The van der Waals surface area contributed by atoms with E-state index < -0.39 is 6.17 Å². The first-order chi connectivity index (χ1) is 15.6. The quantitative estimate of drug-likeness (QED) is 0.231. The number of unbranched alkanes of at least 4 members (excludes halogenated alkanes) is 7. The van der Waals surface area contributed by atoms with Gasteiger partial charge in [0.1, 0.15) is 12.8 Å². The zero-order valence-electron chi connectivity index (χ0n) is 20.5. The van der Waals surface area contributed by atoms with Gasteiger partial charge in [-0.1, -0.05) is 103 Å². The van der Waals surface area contributed by atoms with Gasteiger partial charge in [-0.3, -0.25) is 0 Å². The fourth-order valence-electron chi connectivity index (χ4n) is 4.13. The number of alkyl halides is 1. The van der Waals surface area contributed by atoms with Crippen molar-refractivity contribution >= 4 is 0 Å². The van der Waals surface area contributed by atoms with Gasteiger partial charge in [0.25, 0.3) is 0 Å². The number of ether oxygens (including phenoxy) is 1. The lowest BCUT2D eigenvalue weighted by Gasteiger charge is -2.14. The first-order valence-corrected chi connectivity index (χ1v) is 12.8. The van der Waals surface area contributed by atoms with Crippen LogP contribution in [0.15, 0.2) is 36.7 Å². The van der Waals surface area contributed by atoms with Crippen LogP contribution in [0.2, 0.25) is 0 Å². The number of halogens is 1. The number of nitrogens with zero attached hydrogens (tertiary/aromatic N) is 2. The predicted octanol–water partition coefficient (Wildman–Crippen LogP) is 8.37. The van der Waals surface area contributed by atoms with Crippen LogP contribution < -0.4 is 4.74 Å². The van der Waals surface area contributed by atoms with Crippen molar-refractivity contribution < 1.29 is 9.13 Å². The van der Waals surface area contributed by atoms with Crippen LogP contribution in [0.25, 0.3) is 11.4 Å². The van der Waals surface area contributed by atoms with Crippen molar-refractivity contribution in [1.29, 1.82) is 0 Å². The summed E-state index contributed by atoms with van der Waals surface area (Å²) in [5.74, 6) is 1.57. The highest BCUT2D eigenvalue weighted by molar-refractivity contribution is 5.55. The Bertz CT molecular complexity index is 717. The Morgan fingerprint density at radius 1 is 0.844 bits per heavy atom. The maximum absolute atomic E-state index is 14.1. The van der Waals surface area contributed by atoms with Crippen LogP contribution in [0.5, 0.6) is 5.75 Å². The summed E-state index contributed by atoms with van der Waals surface area (Å²) >= 11 is 0. The van der Waals surface area contributed by atoms with Crippen molar-refractivity contribution in [1.82, 2.24) is 9.97 Å². The molecule has 0 saturated heterocycles. The van der Waals surface area contributed by atoms with Crippen molar-refractivity contribution in [3.8, 4) is 17.1 Å². The molecule has 2 rings (SSSR count). The number of benzene rings is 1. The van der Waals surface area contributed by atoms with Crippen molar-refractivity contribution in [2.75, 3.05) is 6.61 Å². The number of hydrogen-bond donors (Lipinski definition) is 0. The van der Waals surface area contributed by atoms with E-state index in [2.05, 4.69) is 55.0 Å². The lowest BCUT2D eigenvalue weighted by molar-refractivity contribution is 0.168. The third kappa shape index (κ3) is 10.6. The van der Waals surface area contributed by atoms with Gasteiger partial charge in [-0.15, -0.1) is 0 Å². The molecule has 0 N–H and O–H groups in total. The molecule has 3 nitrogen and oxygen atoms in total. The van der Waals surface area contributed by atoms with Gasteiger partial charge in [0.15, 0.2) is 11.6 Å². The largest absolute Gasteiger partial charge is 0.487 e. The fourth-order valence-corrected chi connectivity index (χ4v) is 4.13. The van der Waals surface area contributed by atoms with Crippen LogP contribution >= 0.6 is 0 Å². The summed E-state index contributed by atoms with van der Waals surface area (Å²) < 4.78 is 19.6. The van der Waals surface area contributed by atoms with Gasteiger partial charge in [0, 0.05) is 5.56 Å². The molecule has 2 aromatic rings. The third-order valence-corrected chi connectivity index (χ3v) is 6.03. The van der Waals surface area contributed by atoms with Crippen LogP contribution in [0.1, 0.15) is 97.0 Å². The molecule has 0 amide bonds. The highest BCUT2D eigenvalue weighted by atomic mass is 19.1. The average molecular weight is 443 g/mol. The van der Waals surface area contributed by atoms with E-state index in [0.717, 1.165) is 24.8 Å². The Kier molecular flexibility index (Phi) is 13.0. The van der Waals surface area contributed by atoms with Crippen molar-refractivity contribution in [2.45, 2.75) is 104 Å². The molecule has 0 spiro atoms. The Morgan fingerprint density at radius 2 is 1.47 bits per heavy atom. The molecule has 0 aliphatic heterocycles. The zero-order chi connectivity index (χ0) is 23.0. The van der Waals surface area contributed by atoms with E-state index in [1.54, 1.807) is 12.4 Å². The van der Waals surface area contributed by atoms with E-state index in [1.807, 2.05) is 0 Å². The summed E-state index contributed by atoms with van der Waals surface area (Å²) in [6, 6.07) is 8.52. The topological polar surface area (TPSA) is 35.0 Å². The third-order valence-electron chi connectivity index (χ3n) is 6.03. The summed E-state index contributed by atoms with van der Waals surface area (Å²) in [4.78, 5) is 8.81. The van der Waals surface area contributed by atoms with E-state index in [4.69, 9.17) is 4.74 Å². The van der Waals surface area contributed by atoms with Crippen molar-refractivity contribution in [3.05, 3.63) is 42.2 Å². The van der Waals surface area contributed by atoms with Crippen LogP contribution in [-0.2, 0) is 6.42 Å². The maximum atomic E-state index is 14.1. The molecule has 2 unspecified atom stereocenters. The predicted molar refractivity (Wildman–Crippen MR) is 133 cm³/mol. The van der Waals surface area contributed by atoms with Gasteiger partial charge in [0.05, 0.1) is 12.4 Å². The fraction of sp³-hybridized carbons (Fsp3) is 0.643. The molecular weight excluding hydrogens is 399 g/mol. The van der Waals surface area contributed by atoms with Crippen LogP contribution in [0, 0.1) is 5.92 Å². The summed E-state index contributed by atoms with van der Waals surface area (Å²) in [5, 5.41) is 0. The molecule has 0 saturated carbocycles. The lowest BCUT2D eigenvalue weighted by atomic mass is 10.00. The highest BCUT2D eigenvalue weighted by Crippen LogP contribution is 2.20. The van der Waals surface area contributed by atoms with E-state index in [-0.39, 0.29) is 6.61 Å². The van der Waals surface area contributed by atoms with Crippen LogP contribution in [0.4, 0.5) is 4.39 Å². The van der Waals surface area contributed by atoms with Gasteiger partial charge in [-0.2, -0.15) is 0 Å². The van der Waals surface area contributed by atoms with Crippen LogP contribution in [-0.4, -0.2) is 22.7 Å². The molecule has 0 aliphatic rings. The SMILES string of the molecule is CCCCCCCCCCc1ccc(-c2ncc(OCC(F)CC(C)CCC)cn2)cc1. The van der Waals surface area contributed by atoms with Gasteiger partial charge < -0.3 is 4.74 Å². The first kappa shape index (κ1) is 26.3. The summed E-state index contributed by atoms with van der Waals surface area (Å²) in [5.41, 5.74) is 2.36. The lowest BCUT2D eigenvalue weighted by Crippen LogP contribution is -2.16. The minimum Gasteiger partial charge on any atom is -0.487 e.